The molecule has 0 radical (unpaired) electrons. The molecule has 1 N–H and O–H groups in total. The summed E-state index contributed by atoms with van der Waals surface area (Å²) in [6, 6.07) is 3.26. The molecule has 1 aromatic rings. The van der Waals surface area contributed by atoms with Crippen molar-refractivity contribution in [1.82, 2.24) is 5.32 Å². The lowest BCUT2D eigenvalue weighted by Gasteiger charge is -2.53. The molecule has 1 aromatic carbocycles. The van der Waals surface area contributed by atoms with E-state index in [-0.39, 0.29) is 30.9 Å². The average molecular weight is 453 g/mol. The molecule has 1 heterocycles. The zero-order valence-corrected chi connectivity index (χ0v) is 17.9. The second kappa shape index (κ2) is 9.10. The Morgan fingerprint density at radius 3 is 2.56 bits per heavy atom. The number of allylic oxidation sites excluding steroid dienone is 2. The summed E-state index contributed by atoms with van der Waals surface area (Å²) in [5, 5.41) is 25.8. The molecule has 1 saturated carbocycles. The van der Waals surface area contributed by atoms with E-state index in [1.807, 2.05) is 6.07 Å². The quantitative estimate of drug-likeness (QED) is 0.637. The molecule has 3 atom stereocenters. The van der Waals surface area contributed by atoms with Crippen molar-refractivity contribution >= 4 is 5.97 Å². The Bertz CT molecular complexity index is 950. The Balaban J connectivity index is 2.32. The van der Waals surface area contributed by atoms with E-state index >= 15 is 0 Å². The number of hydrogen-bond donors (Lipinski definition) is 1. The molecule has 0 amide bonds. The number of ether oxygens (including phenoxy) is 1. The van der Waals surface area contributed by atoms with E-state index in [2.05, 4.69) is 5.32 Å². The molecule has 174 valence electrons. The van der Waals surface area contributed by atoms with E-state index in [4.69, 9.17) is 4.74 Å². The normalized spacial score (nSPS) is 26.3. The smallest absolute Gasteiger partial charge is 0.416 e. The Labute approximate surface area is 184 Å². The van der Waals surface area contributed by atoms with Crippen molar-refractivity contribution in [3.63, 3.8) is 0 Å². The van der Waals surface area contributed by atoms with Gasteiger partial charge >= 0.3 is 6.18 Å². The number of carboxylic acid groups (broad SMARTS) is 1. The lowest BCUT2D eigenvalue weighted by molar-refractivity contribution is -0.323. The maximum Gasteiger partial charge on any atom is 0.416 e. The average Bonchev–Trinajstić information content (AvgIpc) is 2.68. The van der Waals surface area contributed by atoms with Gasteiger partial charge in [0.15, 0.2) is 0 Å². The SMILES string of the molecule is COCCC1NC(C)=C(C#N)C(c2ccc(F)cc2C(F)(F)F)C1(CC1CCC1)C(=O)[O-]. The Hall–Kier alpha value is -2.60. The highest BCUT2D eigenvalue weighted by molar-refractivity contribution is 5.78. The molecule has 2 aliphatic rings. The highest BCUT2D eigenvalue weighted by Gasteiger charge is 2.55. The van der Waals surface area contributed by atoms with Crippen LogP contribution in [-0.2, 0) is 15.7 Å². The molecule has 0 aromatic heterocycles. The first-order valence-electron chi connectivity index (χ1n) is 10.5. The zero-order valence-electron chi connectivity index (χ0n) is 17.9. The van der Waals surface area contributed by atoms with Crippen LogP contribution in [0.2, 0.25) is 0 Å². The summed E-state index contributed by atoms with van der Waals surface area (Å²) in [7, 11) is 1.44. The first-order chi connectivity index (χ1) is 15.1. The van der Waals surface area contributed by atoms with Crippen LogP contribution in [0.1, 0.15) is 56.1 Å². The highest BCUT2D eigenvalue weighted by Crippen LogP contribution is 2.55. The van der Waals surface area contributed by atoms with Gasteiger partial charge in [-0.2, -0.15) is 18.4 Å². The standard InChI is InChI=1S/C23H26F4N2O3/c1-13-17(12-28)20(16-7-6-15(24)10-18(16)23(25,26)27)22(21(30)31,11-14-4-3-5-14)19(29-13)8-9-32-2/h6-7,10,14,19-20,29H,3-5,8-9,11H2,1-2H3,(H,30,31)/p-1. The highest BCUT2D eigenvalue weighted by atomic mass is 19.4. The van der Waals surface area contributed by atoms with E-state index in [9.17, 15) is 32.7 Å². The summed E-state index contributed by atoms with van der Waals surface area (Å²) in [6.07, 6.45) is -2.30. The van der Waals surface area contributed by atoms with E-state index < -0.39 is 46.5 Å². The van der Waals surface area contributed by atoms with Crippen LogP contribution in [0.5, 0.6) is 0 Å². The summed E-state index contributed by atoms with van der Waals surface area (Å²) < 4.78 is 60.8. The van der Waals surface area contributed by atoms with Crippen molar-refractivity contribution < 1.29 is 32.2 Å². The second-order valence-corrected chi connectivity index (χ2v) is 8.62. The van der Waals surface area contributed by atoms with E-state index in [1.54, 1.807) is 0 Å². The molecule has 0 saturated heterocycles. The summed E-state index contributed by atoms with van der Waals surface area (Å²) >= 11 is 0. The number of aliphatic carboxylic acids is 1. The number of rotatable bonds is 7. The summed E-state index contributed by atoms with van der Waals surface area (Å²) in [4.78, 5) is 12.8. The van der Waals surface area contributed by atoms with E-state index in [0.29, 0.717) is 11.8 Å². The van der Waals surface area contributed by atoms with Gasteiger partial charge in [0.05, 0.1) is 23.2 Å². The Kier molecular flexibility index (Phi) is 6.84. The van der Waals surface area contributed by atoms with Gasteiger partial charge in [0.1, 0.15) is 5.82 Å². The topological polar surface area (TPSA) is 85.2 Å². The molecule has 32 heavy (non-hydrogen) atoms. The summed E-state index contributed by atoms with van der Waals surface area (Å²) in [5.41, 5.74) is -3.37. The Morgan fingerprint density at radius 1 is 1.38 bits per heavy atom. The number of carbonyl (C=O) groups is 1. The minimum absolute atomic E-state index is 0.0182. The number of halogens is 4. The zero-order chi connectivity index (χ0) is 23.7. The molecule has 3 rings (SSSR count). The monoisotopic (exact) mass is 453 g/mol. The summed E-state index contributed by atoms with van der Waals surface area (Å²) in [5.74, 6) is -4.09. The largest absolute Gasteiger partial charge is 0.549 e. The van der Waals surface area contributed by atoms with Gasteiger partial charge in [-0.3, -0.25) is 0 Å². The third kappa shape index (κ3) is 4.20. The molecule has 1 fully saturated rings. The van der Waals surface area contributed by atoms with E-state index in [1.165, 1.54) is 14.0 Å². The first kappa shape index (κ1) is 24.1. The molecule has 0 bridgehead atoms. The van der Waals surface area contributed by atoms with Crippen LogP contribution in [0.3, 0.4) is 0 Å². The number of nitrogens with zero attached hydrogens (tertiary/aromatic N) is 1. The molecule has 1 aliphatic carbocycles. The van der Waals surface area contributed by atoms with Crippen molar-refractivity contribution in [3.05, 3.63) is 46.4 Å². The molecule has 5 nitrogen and oxygen atoms in total. The molecule has 0 spiro atoms. The number of alkyl halides is 3. The number of carboxylic acids is 1. The molecular formula is C23H25F4N2O3-. The third-order valence-corrected chi connectivity index (χ3v) is 6.81. The van der Waals surface area contributed by atoms with Gasteiger partial charge in [-0.25, -0.2) is 4.39 Å². The molecular weight excluding hydrogens is 428 g/mol. The van der Waals surface area contributed by atoms with Crippen LogP contribution in [0.15, 0.2) is 29.5 Å². The maximum atomic E-state index is 13.9. The number of benzene rings is 1. The number of nitrogens with one attached hydrogen (secondary N) is 1. The van der Waals surface area contributed by atoms with Crippen LogP contribution < -0.4 is 10.4 Å². The predicted octanol–water partition coefficient (Wildman–Crippen LogP) is 3.66. The van der Waals surface area contributed by atoms with Crippen LogP contribution in [0.25, 0.3) is 0 Å². The van der Waals surface area contributed by atoms with Crippen molar-refractivity contribution in [3.8, 4) is 6.07 Å². The third-order valence-electron chi connectivity index (χ3n) is 6.81. The molecule has 1 aliphatic heterocycles. The first-order valence-corrected chi connectivity index (χ1v) is 10.5. The molecule has 9 heteroatoms. The van der Waals surface area contributed by atoms with Gasteiger partial charge in [0.2, 0.25) is 0 Å². The van der Waals surface area contributed by atoms with E-state index in [0.717, 1.165) is 31.4 Å². The van der Waals surface area contributed by atoms with Crippen LogP contribution in [-0.4, -0.2) is 25.7 Å². The minimum atomic E-state index is -4.94. The van der Waals surface area contributed by atoms with Crippen LogP contribution in [0, 0.1) is 28.5 Å². The second-order valence-electron chi connectivity index (χ2n) is 8.62. The minimum Gasteiger partial charge on any atom is -0.549 e. The van der Waals surface area contributed by atoms with Crippen molar-refractivity contribution in [1.29, 1.82) is 5.26 Å². The van der Waals surface area contributed by atoms with Crippen molar-refractivity contribution in [2.75, 3.05) is 13.7 Å². The Morgan fingerprint density at radius 2 is 2.06 bits per heavy atom. The fraction of sp³-hybridized carbons (Fsp3) is 0.565. The number of nitriles is 1. The predicted molar refractivity (Wildman–Crippen MR) is 105 cm³/mol. The van der Waals surface area contributed by atoms with Gasteiger partial charge < -0.3 is 20.0 Å². The number of hydrogen-bond acceptors (Lipinski definition) is 5. The molecule has 3 unspecified atom stereocenters. The van der Waals surface area contributed by atoms with Gasteiger partial charge in [-0.05, 0) is 43.4 Å². The lowest BCUT2D eigenvalue weighted by atomic mass is 9.56. The van der Waals surface area contributed by atoms with Gasteiger partial charge in [0.25, 0.3) is 0 Å². The van der Waals surface area contributed by atoms with Crippen LogP contribution >= 0.6 is 0 Å². The van der Waals surface area contributed by atoms with Crippen LogP contribution in [0.4, 0.5) is 17.6 Å². The van der Waals surface area contributed by atoms with Gasteiger partial charge in [-0.15, -0.1) is 0 Å². The van der Waals surface area contributed by atoms with Gasteiger partial charge in [-0.1, -0.05) is 25.3 Å². The fourth-order valence-corrected chi connectivity index (χ4v) is 5.09. The van der Waals surface area contributed by atoms with Crippen molar-refractivity contribution in [2.45, 2.75) is 57.2 Å². The maximum absolute atomic E-state index is 13.9. The summed E-state index contributed by atoms with van der Waals surface area (Å²) in [6.45, 7) is 1.69. The fourth-order valence-electron chi connectivity index (χ4n) is 5.09. The number of methoxy groups -OCH3 is 1. The lowest BCUT2D eigenvalue weighted by Crippen LogP contribution is -2.62. The number of carbonyl (C=O) groups excluding carboxylic acids is 1. The van der Waals surface area contributed by atoms with Gasteiger partial charge in [0, 0.05) is 36.8 Å². The van der Waals surface area contributed by atoms with Crippen molar-refractivity contribution in [2.24, 2.45) is 11.3 Å².